The van der Waals surface area contributed by atoms with E-state index in [4.69, 9.17) is 5.73 Å². The van der Waals surface area contributed by atoms with Gasteiger partial charge in [-0.05, 0) is 34.6 Å². The fourth-order valence-corrected chi connectivity index (χ4v) is 2.74. The molecule has 112 valence electrons. The molecule has 1 heterocycles. The Kier molecular flexibility index (Phi) is 6.29. The smallest absolute Gasteiger partial charge is 0.242 e. The molecule has 0 aromatic rings. The second kappa shape index (κ2) is 6.57. The van der Waals surface area contributed by atoms with E-state index in [0.717, 1.165) is 0 Å². The van der Waals surface area contributed by atoms with Crippen molar-refractivity contribution in [2.45, 2.75) is 58.7 Å². The minimum atomic E-state index is -0.322. The summed E-state index contributed by atoms with van der Waals surface area (Å²) < 4.78 is 0. The van der Waals surface area contributed by atoms with Gasteiger partial charge in [0.15, 0.2) is 0 Å². The van der Waals surface area contributed by atoms with E-state index in [2.05, 4.69) is 0 Å². The minimum Gasteiger partial charge on any atom is -0.332 e. The molecule has 1 aliphatic rings. The molecule has 0 bridgehead atoms. The van der Waals surface area contributed by atoms with Crippen molar-refractivity contribution in [3.63, 3.8) is 0 Å². The zero-order valence-corrected chi connectivity index (χ0v) is 13.3. The number of nitrogens with zero attached hydrogens (tertiary/aromatic N) is 2. The van der Waals surface area contributed by atoms with Crippen LogP contribution in [0.3, 0.4) is 0 Å². The highest BCUT2D eigenvalue weighted by Gasteiger charge is 2.41. The maximum atomic E-state index is 12.2. The summed E-state index contributed by atoms with van der Waals surface area (Å²) in [5.41, 5.74) is 5.31. The number of halogens is 1. The van der Waals surface area contributed by atoms with Gasteiger partial charge < -0.3 is 15.5 Å². The topological polar surface area (TPSA) is 66.6 Å². The van der Waals surface area contributed by atoms with E-state index in [-0.39, 0.29) is 48.4 Å². The molecule has 2 N–H and O–H groups in total. The molecule has 0 aliphatic carbocycles. The molecule has 1 fully saturated rings. The first kappa shape index (κ1) is 18.2. The van der Waals surface area contributed by atoms with Crippen LogP contribution in [0.4, 0.5) is 0 Å². The molecule has 6 heteroatoms. The summed E-state index contributed by atoms with van der Waals surface area (Å²) in [6.45, 7) is 10.5. The Morgan fingerprint density at radius 1 is 1.37 bits per heavy atom. The summed E-state index contributed by atoms with van der Waals surface area (Å²) in [6, 6.07) is -0.0166. The zero-order chi connectivity index (χ0) is 14.1. The predicted molar refractivity (Wildman–Crippen MR) is 78.2 cm³/mol. The van der Waals surface area contributed by atoms with Crippen LogP contribution in [0.2, 0.25) is 0 Å². The maximum Gasteiger partial charge on any atom is 0.242 e. The van der Waals surface area contributed by atoms with Gasteiger partial charge in [-0.3, -0.25) is 9.59 Å². The van der Waals surface area contributed by atoms with Crippen molar-refractivity contribution in [2.75, 3.05) is 13.1 Å². The molecule has 0 spiro atoms. The quantitative estimate of drug-likeness (QED) is 0.844. The summed E-state index contributed by atoms with van der Waals surface area (Å²) in [5.74, 6) is -0.0193. The van der Waals surface area contributed by atoms with Gasteiger partial charge in [0.25, 0.3) is 0 Å². The Morgan fingerprint density at radius 2 is 1.89 bits per heavy atom. The van der Waals surface area contributed by atoms with Crippen molar-refractivity contribution in [2.24, 2.45) is 5.73 Å². The van der Waals surface area contributed by atoms with Gasteiger partial charge in [-0.1, -0.05) is 0 Å². The van der Waals surface area contributed by atoms with E-state index >= 15 is 0 Å². The standard InChI is InChI=1S/C13H25N3O2.ClH/c1-9(2)16-12(18)7-15(8-13(16,4)5)11(17)6-10(3)14;/h9-10H,6-8,14H2,1-5H3;1H. The van der Waals surface area contributed by atoms with Crippen LogP contribution in [0.1, 0.15) is 41.0 Å². The molecular weight excluding hydrogens is 266 g/mol. The lowest BCUT2D eigenvalue weighted by Gasteiger charge is -2.49. The third-order valence-electron chi connectivity index (χ3n) is 3.19. The highest BCUT2D eigenvalue weighted by molar-refractivity contribution is 5.87. The van der Waals surface area contributed by atoms with Crippen molar-refractivity contribution in [1.82, 2.24) is 9.80 Å². The second-order valence-electron chi connectivity index (χ2n) is 6.10. The average molecular weight is 292 g/mol. The molecule has 1 rings (SSSR count). The largest absolute Gasteiger partial charge is 0.332 e. The number of rotatable bonds is 3. The Balaban J connectivity index is 0.00000324. The first-order valence-corrected chi connectivity index (χ1v) is 6.50. The third kappa shape index (κ3) is 4.35. The molecule has 1 saturated heterocycles. The minimum absolute atomic E-state index is 0. The van der Waals surface area contributed by atoms with Crippen molar-refractivity contribution in [3.8, 4) is 0 Å². The van der Waals surface area contributed by atoms with Gasteiger partial charge >= 0.3 is 0 Å². The molecule has 5 nitrogen and oxygen atoms in total. The van der Waals surface area contributed by atoms with Crippen LogP contribution in [-0.2, 0) is 9.59 Å². The lowest BCUT2D eigenvalue weighted by Crippen LogP contribution is -2.65. The number of carbonyl (C=O) groups is 2. The van der Waals surface area contributed by atoms with E-state index in [0.29, 0.717) is 13.0 Å². The van der Waals surface area contributed by atoms with Gasteiger partial charge in [0.1, 0.15) is 0 Å². The summed E-state index contributed by atoms with van der Waals surface area (Å²) in [6.07, 6.45) is 0.297. The van der Waals surface area contributed by atoms with E-state index in [1.807, 2.05) is 32.6 Å². The van der Waals surface area contributed by atoms with Gasteiger partial charge in [-0.25, -0.2) is 0 Å². The molecular formula is C13H26ClN3O2. The summed E-state index contributed by atoms with van der Waals surface area (Å²) >= 11 is 0. The monoisotopic (exact) mass is 291 g/mol. The lowest BCUT2D eigenvalue weighted by molar-refractivity contribution is -0.155. The van der Waals surface area contributed by atoms with Gasteiger partial charge in [-0.2, -0.15) is 0 Å². The SMILES string of the molecule is CC(N)CC(=O)N1CC(=O)N(C(C)C)C(C)(C)C1.Cl. The van der Waals surface area contributed by atoms with Crippen LogP contribution in [0, 0.1) is 0 Å². The number of hydrogen-bond acceptors (Lipinski definition) is 3. The van der Waals surface area contributed by atoms with Gasteiger partial charge in [-0.15, -0.1) is 12.4 Å². The van der Waals surface area contributed by atoms with Crippen molar-refractivity contribution in [3.05, 3.63) is 0 Å². The zero-order valence-electron chi connectivity index (χ0n) is 12.5. The molecule has 19 heavy (non-hydrogen) atoms. The third-order valence-corrected chi connectivity index (χ3v) is 3.19. The van der Waals surface area contributed by atoms with Crippen LogP contribution in [0.15, 0.2) is 0 Å². The Bertz CT molecular complexity index is 343. The van der Waals surface area contributed by atoms with E-state index in [1.165, 1.54) is 0 Å². The summed E-state index contributed by atoms with van der Waals surface area (Å²) in [4.78, 5) is 27.6. The van der Waals surface area contributed by atoms with Crippen LogP contribution in [-0.4, -0.2) is 52.3 Å². The van der Waals surface area contributed by atoms with Crippen molar-refractivity contribution >= 4 is 24.2 Å². The van der Waals surface area contributed by atoms with Crippen LogP contribution >= 0.6 is 12.4 Å². The number of carbonyl (C=O) groups excluding carboxylic acids is 2. The van der Waals surface area contributed by atoms with Crippen LogP contribution < -0.4 is 5.73 Å². The molecule has 0 saturated carbocycles. The molecule has 1 aliphatic heterocycles. The van der Waals surface area contributed by atoms with Gasteiger partial charge in [0.05, 0.1) is 12.1 Å². The number of nitrogens with two attached hydrogens (primary N) is 1. The maximum absolute atomic E-state index is 12.2. The van der Waals surface area contributed by atoms with E-state index in [1.54, 1.807) is 11.8 Å². The highest BCUT2D eigenvalue weighted by atomic mass is 35.5. The van der Waals surface area contributed by atoms with Crippen LogP contribution in [0.5, 0.6) is 0 Å². The second-order valence-corrected chi connectivity index (χ2v) is 6.10. The molecule has 1 atom stereocenters. The van der Waals surface area contributed by atoms with E-state index in [9.17, 15) is 9.59 Å². The normalized spacial score (nSPS) is 20.3. The van der Waals surface area contributed by atoms with Crippen LogP contribution in [0.25, 0.3) is 0 Å². The van der Waals surface area contributed by atoms with Crippen molar-refractivity contribution in [1.29, 1.82) is 0 Å². The molecule has 0 aromatic carbocycles. The number of hydrogen-bond donors (Lipinski definition) is 1. The first-order chi connectivity index (χ1) is 8.15. The molecule has 1 unspecified atom stereocenters. The fraction of sp³-hybridized carbons (Fsp3) is 0.846. The Hall–Kier alpha value is -0.810. The lowest BCUT2D eigenvalue weighted by atomic mass is 9.96. The molecule has 0 aromatic heterocycles. The summed E-state index contributed by atoms with van der Waals surface area (Å²) in [7, 11) is 0. The summed E-state index contributed by atoms with van der Waals surface area (Å²) in [5, 5.41) is 0. The molecule has 0 radical (unpaired) electrons. The Morgan fingerprint density at radius 3 is 2.26 bits per heavy atom. The number of piperazine rings is 1. The fourth-order valence-electron chi connectivity index (χ4n) is 2.74. The van der Waals surface area contributed by atoms with E-state index < -0.39 is 0 Å². The predicted octanol–water partition coefficient (Wildman–Crippen LogP) is 1.00. The molecule has 2 amide bonds. The highest BCUT2D eigenvalue weighted by Crippen LogP contribution is 2.24. The average Bonchev–Trinajstić information content (AvgIpc) is 2.12. The first-order valence-electron chi connectivity index (χ1n) is 6.50. The number of amides is 2. The van der Waals surface area contributed by atoms with Gasteiger partial charge in [0.2, 0.25) is 11.8 Å². The Labute approximate surface area is 121 Å². The van der Waals surface area contributed by atoms with Gasteiger partial charge in [0, 0.05) is 25.0 Å². The van der Waals surface area contributed by atoms with Crippen molar-refractivity contribution < 1.29 is 9.59 Å².